The highest BCUT2D eigenvalue weighted by Crippen LogP contribution is 2.36. The summed E-state index contributed by atoms with van der Waals surface area (Å²) >= 11 is 0. The van der Waals surface area contributed by atoms with Crippen LogP contribution in [0.2, 0.25) is 0 Å². The molecule has 0 radical (unpaired) electrons. The van der Waals surface area contributed by atoms with Crippen LogP contribution in [-0.4, -0.2) is 52.4 Å². The van der Waals surface area contributed by atoms with Crippen molar-refractivity contribution < 1.29 is 4.79 Å². The van der Waals surface area contributed by atoms with Crippen molar-refractivity contribution in [2.75, 3.05) is 24.5 Å². The summed E-state index contributed by atoms with van der Waals surface area (Å²) in [6.45, 7) is 4.89. The number of aromatic nitrogens is 2. The molecule has 4 rings (SSSR count). The van der Waals surface area contributed by atoms with Gasteiger partial charge >= 0.3 is 6.03 Å². The van der Waals surface area contributed by atoms with Crippen molar-refractivity contribution in [1.82, 2.24) is 20.0 Å². The maximum Gasteiger partial charge on any atom is 0.317 e. The smallest absolute Gasteiger partial charge is 0.317 e. The minimum atomic E-state index is 0.169. The van der Waals surface area contributed by atoms with E-state index >= 15 is 0 Å². The summed E-state index contributed by atoms with van der Waals surface area (Å²) in [7, 11) is 2.00. The lowest BCUT2D eigenvalue weighted by Crippen LogP contribution is -2.53. The van der Waals surface area contributed by atoms with Crippen LogP contribution in [0.4, 0.5) is 10.6 Å². The highest BCUT2D eigenvalue weighted by molar-refractivity contribution is 5.75. The van der Waals surface area contributed by atoms with E-state index in [1.54, 1.807) is 0 Å². The zero-order valence-corrected chi connectivity index (χ0v) is 15.6. The van der Waals surface area contributed by atoms with Gasteiger partial charge in [0.1, 0.15) is 5.82 Å². The standard InChI is InChI=1S/C19H31N5O/c1-14-12-18(22(2)21-14)23-10-5-7-16(13-23)20-19(25)24-11-9-15-6-3-4-8-17(15)24/h12,15-17H,3-11,13H2,1-2H3,(H,20,25)/t15-,16?,17-/m1/s1. The van der Waals surface area contributed by atoms with Crippen molar-refractivity contribution in [3.63, 3.8) is 0 Å². The Kier molecular flexibility index (Phi) is 4.61. The number of anilines is 1. The molecule has 2 amide bonds. The lowest BCUT2D eigenvalue weighted by Gasteiger charge is -2.37. The third kappa shape index (κ3) is 3.35. The average Bonchev–Trinajstić information content (AvgIpc) is 3.18. The summed E-state index contributed by atoms with van der Waals surface area (Å²) in [5.41, 5.74) is 1.05. The van der Waals surface area contributed by atoms with Gasteiger partial charge in [-0.15, -0.1) is 0 Å². The molecule has 1 unspecified atom stereocenters. The van der Waals surface area contributed by atoms with Crippen molar-refractivity contribution >= 4 is 11.8 Å². The fourth-order valence-electron chi connectivity index (χ4n) is 5.11. The number of aryl methyl sites for hydroxylation is 2. The van der Waals surface area contributed by atoms with Crippen molar-refractivity contribution in [1.29, 1.82) is 0 Å². The second-order valence-corrected chi connectivity index (χ2v) is 8.10. The number of fused-ring (bicyclic) bond motifs is 1. The van der Waals surface area contributed by atoms with Gasteiger partial charge in [-0.3, -0.25) is 4.68 Å². The van der Waals surface area contributed by atoms with Gasteiger partial charge in [0.05, 0.1) is 5.69 Å². The van der Waals surface area contributed by atoms with Crippen LogP contribution >= 0.6 is 0 Å². The first-order valence-electron chi connectivity index (χ1n) is 9.94. The van der Waals surface area contributed by atoms with E-state index in [0.29, 0.717) is 6.04 Å². The fourth-order valence-corrected chi connectivity index (χ4v) is 5.11. The molecule has 6 heteroatoms. The van der Waals surface area contributed by atoms with E-state index in [9.17, 15) is 4.79 Å². The van der Waals surface area contributed by atoms with Crippen molar-refractivity contribution in [3.8, 4) is 0 Å². The molecule has 1 N–H and O–H groups in total. The number of urea groups is 1. The highest BCUT2D eigenvalue weighted by atomic mass is 16.2. The van der Waals surface area contributed by atoms with Crippen molar-refractivity contribution in [2.24, 2.45) is 13.0 Å². The molecule has 25 heavy (non-hydrogen) atoms. The molecular formula is C19H31N5O. The number of rotatable bonds is 2. The van der Waals surface area contributed by atoms with E-state index < -0.39 is 0 Å². The van der Waals surface area contributed by atoms with Gasteiger partial charge in [0.2, 0.25) is 0 Å². The number of nitrogens with zero attached hydrogens (tertiary/aromatic N) is 4. The third-order valence-corrected chi connectivity index (χ3v) is 6.32. The minimum absolute atomic E-state index is 0.169. The van der Waals surface area contributed by atoms with Crippen molar-refractivity contribution in [2.45, 2.75) is 64.0 Å². The Balaban J connectivity index is 1.37. The van der Waals surface area contributed by atoms with Crippen LogP contribution in [0.3, 0.4) is 0 Å². The lowest BCUT2D eigenvalue weighted by molar-refractivity contribution is 0.165. The predicted molar refractivity (Wildman–Crippen MR) is 98.8 cm³/mol. The molecule has 0 aromatic carbocycles. The van der Waals surface area contributed by atoms with Gasteiger partial charge in [0, 0.05) is 44.8 Å². The van der Waals surface area contributed by atoms with Crippen LogP contribution in [0.15, 0.2) is 6.07 Å². The quantitative estimate of drug-likeness (QED) is 0.896. The van der Waals surface area contributed by atoms with Gasteiger partial charge in [0.25, 0.3) is 0 Å². The zero-order chi connectivity index (χ0) is 17.4. The average molecular weight is 345 g/mol. The molecule has 1 aliphatic carbocycles. The number of piperidine rings is 1. The molecule has 2 aliphatic heterocycles. The summed E-state index contributed by atoms with van der Waals surface area (Å²) in [5.74, 6) is 1.91. The topological polar surface area (TPSA) is 53.4 Å². The number of hydrogen-bond donors (Lipinski definition) is 1. The first-order valence-corrected chi connectivity index (χ1v) is 9.94. The monoisotopic (exact) mass is 345 g/mol. The van der Waals surface area contributed by atoms with Gasteiger partial charge < -0.3 is 15.1 Å². The Labute approximate surface area is 150 Å². The van der Waals surface area contributed by atoms with Crippen LogP contribution in [0.5, 0.6) is 0 Å². The van der Waals surface area contributed by atoms with Crippen molar-refractivity contribution in [3.05, 3.63) is 11.8 Å². The Morgan fingerprint density at radius 2 is 2.00 bits per heavy atom. The molecule has 3 atom stereocenters. The Morgan fingerprint density at radius 3 is 2.80 bits per heavy atom. The number of amides is 2. The Morgan fingerprint density at radius 1 is 1.16 bits per heavy atom. The maximum absolute atomic E-state index is 12.9. The second-order valence-electron chi connectivity index (χ2n) is 8.10. The molecule has 138 valence electrons. The van der Waals surface area contributed by atoms with E-state index in [1.807, 2.05) is 18.7 Å². The van der Waals surface area contributed by atoms with Crippen LogP contribution < -0.4 is 10.2 Å². The molecule has 6 nitrogen and oxygen atoms in total. The number of hydrogen-bond acceptors (Lipinski definition) is 3. The number of carbonyl (C=O) groups excluding carboxylic acids is 1. The minimum Gasteiger partial charge on any atom is -0.355 e. The molecule has 1 saturated carbocycles. The molecule has 0 bridgehead atoms. The molecule has 1 aromatic rings. The van der Waals surface area contributed by atoms with E-state index in [2.05, 4.69) is 26.3 Å². The summed E-state index contributed by atoms with van der Waals surface area (Å²) in [6, 6.07) is 3.03. The lowest BCUT2D eigenvalue weighted by atomic mass is 9.85. The van der Waals surface area contributed by atoms with Gasteiger partial charge in [-0.05, 0) is 44.9 Å². The Bertz CT molecular complexity index is 627. The second kappa shape index (κ2) is 6.89. The highest BCUT2D eigenvalue weighted by Gasteiger charge is 2.38. The molecular weight excluding hydrogens is 314 g/mol. The summed E-state index contributed by atoms with van der Waals surface area (Å²) < 4.78 is 1.95. The van der Waals surface area contributed by atoms with Crippen LogP contribution in [0.25, 0.3) is 0 Å². The van der Waals surface area contributed by atoms with Gasteiger partial charge in [-0.25, -0.2) is 4.79 Å². The largest absolute Gasteiger partial charge is 0.355 e. The van der Waals surface area contributed by atoms with Gasteiger partial charge in [-0.2, -0.15) is 5.10 Å². The third-order valence-electron chi connectivity index (χ3n) is 6.32. The van der Waals surface area contributed by atoms with E-state index in [-0.39, 0.29) is 12.1 Å². The molecule has 3 heterocycles. The predicted octanol–water partition coefficient (Wildman–Crippen LogP) is 2.67. The number of carbonyl (C=O) groups is 1. The van der Waals surface area contributed by atoms with Crippen LogP contribution in [0.1, 0.15) is 50.6 Å². The van der Waals surface area contributed by atoms with Gasteiger partial charge in [-0.1, -0.05) is 12.8 Å². The fraction of sp³-hybridized carbons (Fsp3) is 0.789. The first-order chi connectivity index (χ1) is 12.1. The van der Waals surface area contributed by atoms with E-state index in [1.165, 1.54) is 32.1 Å². The summed E-state index contributed by atoms with van der Waals surface area (Å²) in [4.78, 5) is 17.4. The zero-order valence-electron chi connectivity index (χ0n) is 15.6. The SMILES string of the molecule is Cc1cc(N2CCCC(NC(=O)N3CC[C@H]4CCCC[C@H]43)C2)n(C)n1. The Hall–Kier alpha value is -1.72. The molecule has 3 aliphatic rings. The maximum atomic E-state index is 12.9. The van der Waals surface area contributed by atoms with Gasteiger partial charge in [0.15, 0.2) is 0 Å². The van der Waals surface area contributed by atoms with Crippen LogP contribution in [0, 0.1) is 12.8 Å². The van der Waals surface area contributed by atoms with E-state index in [0.717, 1.165) is 49.9 Å². The first kappa shape index (κ1) is 16.7. The van der Waals surface area contributed by atoms with Crippen LogP contribution in [-0.2, 0) is 7.05 Å². The molecule has 1 aromatic heterocycles. The van der Waals surface area contributed by atoms with E-state index in [4.69, 9.17) is 0 Å². The number of likely N-dealkylation sites (tertiary alicyclic amines) is 1. The normalized spacial score (nSPS) is 29.6. The number of nitrogens with one attached hydrogen (secondary N) is 1. The summed E-state index contributed by atoms with van der Waals surface area (Å²) in [6.07, 6.45) is 8.51. The molecule has 3 fully saturated rings. The molecule has 2 saturated heterocycles. The summed E-state index contributed by atoms with van der Waals surface area (Å²) in [5, 5.41) is 7.80. The molecule has 0 spiro atoms.